The fourth-order valence-corrected chi connectivity index (χ4v) is 4.19. The van der Waals surface area contributed by atoms with Crippen LogP contribution in [0.4, 0.5) is 0 Å². The number of nitrogens with one attached hydrogen (secondary N) is 1. The minimum atomic E-state index is 0.576. The zero-order valence-corrected chi connectivity index (χ0v) is 13.8. The van der Waals surface area contributed by atoms with Crippen LogP contribution in [0.1, 0.15) is 50.6 Å². The van der Waals surface area contributed by atoms with Gasteiger partial charge >= 0.3 is 0 Å². The molecule has 1 fully saturated rings. The van der Waals surface area contributed by atoms with E-state index in [-0.39, 0.29) is 0 Å². The third-order valence-corrected chi connectivity index (χ3v) is 5.01. The Bertz CT molecular complexity index is 385. The molecule has 2 rings (SSSR count). The minimum absolute atomic E-state index is 0.576. The highest BCUT2D eigenvalue weighted by Crippen LogP contribution is 2.43. The fraction of sp³-hybridized carbons (Fsp3) is 0.857. The smallest absolute Gasteiger partial charge is 0.151 e. The summed E-state index contributed by atoms with van der Waals surface area (Å²) in [5.41, 5.74) is 1.28. The quantitative estimate of drug-likeness (QED) is 0.903. The molecule has 4 nitrogen and oxygen atoms in total. The lowest BCUT2D eigenvalue weighted by Crippen LogP contribution is -2.31. The lowest BCUT2D eigenvalue weighted by molar-refractivity contribution is 0.216. The maximum absolute atomic E-state index is 4.17. The molecule has 3 atom stereocenters. The minimum Gasteiger partial charge on any atom is -0.319 e. The molecule has 108 valence electrons. The Balaban J connectivity index is 2.20. The van der Waals surface area contributed by atoms with Crippen LogP contribution in [-0.4, -0.2) is 28.6 Å². The molecule has 1 aliphatic rings. The van der Waals surface area contributed by atoms with Gasteiger partial charge in [0.25, 0.3) is 0 Å². The van der Waals surface area contributed by atoms with Crippen LogP contribution in [0.25, 0.3) is 0 Å². The van der Waals surface area contributed by atoms with E-state index >= 15 is 0 Å². The average molecular weight is 329 g/mol. The summed E-state index contributed by atoms with van der Waals surface area (Å²) in [6.45, 7) is 3.37. The fourth-order valence-electron chi connectivity index (χ4n) is 3.56. The SMILES string of the molecule is CCCC1CCC(CNC)C(c2c(Br)nnn2C)C1. The van der Waals surface area contributed by atoms with Crippen molar-refractivity contribution in [3.63, 3.8) is 0 Å². The normalized spacial score (nSPS) is 27.7. The molecule has 0 aliphatic heterocycles. The number of aromatic nitrogens is 3. The molecule has 0 aromatic carbocycles. The summed E-state index contributed by atoms with van der Waals surface area (Å²) >= 11 is 3.58. The van der Waals surface area contributed by atoms with Gasteiger partial charge in [0.05, 0.1) is 5.69 Å². The van der Waals surface area contributed by atoms with Gasteiger partial charge in [-0.15, -0.1) is 5.10 Å². The van der Waals surface area contributed by atoms with Crippen LogP contribution in [0.3, 0.4) is 0 Å². The second-order valence-corrected chi connectivity index (χ2v) is 6.53. The van der Waals surface area contributed by atoms with Gasteiger partial charge in [0, 0.05) is 13.0 Å². The predicted molar refractivity (Wildman–Crippen MR) is 81.1 cm³/mol. The van der Waals surface area contributed by atoms with Crippen molar-refractivity contribution in [1.82, 2.24) is 20.3 Å². The Morgan fingerprint density at radius 1 is 1.42 bits per heavy atom. The zero-order chi connectivity index (χ0) is 13.8. The van der Waals surface area contributed by atoms with Crippen molar-refractivity contribution in [2.24, 2.45) is 18.9 Å². The summed E-state index contributed by atoms with van der Waals surface area (Å²) < 4.78 is 2.88. The van der Waals surface area contributed by atoms with Crippen LogP contribution in [0.15, 0.2) is 4.60 Å². The van der Waals surface area contributed by atoms with Crippen molar-refractivity contribution < 1.29 is 0 Å². The Hall–Kier alpha value is -0.420. The van der Waals surface area contributed by atoms with E-state index in [0.717, 1.165) is 17.1 Å². The van der Waals surface area contributed by atoms with Crippen molar-refractivity contribution in [2.45, 2.75) is 44.9 Å². The van der Waals surface area contributed by atoms with Gasteiger partial charge in [-0.05, 0) is 54.2 Å². The van der Waals surface area contributed by atoms with Gasteiger partial charge in [-0.1, -0.05) is 31.4 Å². The highest BCUT2D eigenvalue weighted by Gasteiger charge is 2.34. The van der Waals surface area contributed by atoms with E-state index in [0.29, 0.717) is 11.8 Å². The first-order valence-corrected chi connectivity index (χ1v) is 8.16. The largest absolute Gasteiger partial charge is 0.319 e. The summed E-state index contributed by atoms with van der Waals surface area (Å²) in [6, 6.07) is 0. The van der Waals surface area contributed by atoms with Crippen LogP contribution >= 0.6 is 15.9 Å². The Kier molecular flexibility index (Phi) is 5.39. The number of nitrogens with zero attached hydrogens (tertiary/aromatic N) is 3. The molecule has 1 heterocycles. The Morgan fingerprint density at radius 2 is 2.21 bits per heavy atom. The van der Waals surface area contributed by atoms with Gasteiger partial charge in [-0.3, -0.25) is 4.68 Å². The first-order valence-electron chi connectivity index (χ1n) is 7.37. The topological polar surface area (TPSA) is 42.7 Å². The van der Waals surface area contributed by atoms with Crippen LogP contribution in [0, 0.1) is 11.8 Å². The zero-order valence-electron chi connectivity index (χ0n) is 12.2. The Morgan fingerprint density at radius 3 is 2.79 bits per heavy atom. The first kappa shape index (κ1) is 15.0. The Labute approximate surface area is 124 Å². The van der Waals surface area contributed by atoms with Crippen LogP contribution in [0.5, 0.6) is 0 Å². The van der Waals surface area contributed by atoms with E-state index in [1.54, 1.807) is 0 Å². The molecule has 0 saturated heterocycles. The number of hydrogen-bond acceptors (Lipinski definition) is 3. The molecule has 5 heteroatoms. The van der Waals surface area contributed by atoms with Crippen molar-refractivity contribution >= 4 is 15.9 Å². The molecule has 0 amide bonds. The molecule has 1 saturated carbocycles. The molecule has 0 bridgehead atoms. The van der Waals surface area contributed by atoms with E-state index in [4.69, 9.17) is 0 Å². The molecule has 0 spiro atoms. The average Bonchev–Trinajstić information content (AvgIpc) is 2.72. The highest BCUT2D eigenvalue weighted by molar-refractivity contribution is 9.10. The molecule has 19 heavy (non-hydrogen) atoms. The summed E-state index contributed by atoms with van der Waals surface area (Å²) in [4.78, 5) is 0. The van der Waals surface area contributed by atoms with Gasteiger partial charge < -0.3 is 5.32 Å². The van der Waals surface area contributed by atoms with Gasteiger partial charge in [0.2, 0.25) is 0 Å². The summed E-state index contributed by atoms with van der Waals surface area (Å²) in [5.74, 6) is 2.14. The molecular weight excluding hydrogens is 304 g/mol. The van der Waals surface area contributed by atoms with Crippen molar-refractivity contribution in [3.8, 4) is 0 Å². The molecule has 3 unspecified atom stereocenters. The highest BCUT2D eigenvalue weighted by atomic mass is 79.9. The van der Waals surface area contributed by atoms with Crippen molar-refractivity contribution in [2.75, 3.05) is 13.6 Å². The van der Waals surface area contributed by atoms with Crippen LogP contribution in [-0.2, 0) is 7.05 Å². The maximum Gasteiger partial charge on any atom is 0.151 e. The third-order valence-electron chi connectivity index (χ3n) is 4.44. The maximum atomic E-state index is 4.17. The lowest BCUT2D eigenvalue weighted by atomic mass is 9.71. The second-order valence-electron chi connectivity index (χ2n) is 5.78. The number of hydrogen-bond donors (Lipinski definition) is 1. The van der Waals surface area contributed by atoms with Crippen molar-refractivity contribution in [3.05, 3.63) is 10.3 Å². The number of halogens is 1. The van der Waals surface area contributed by atoms with Gasteiger partial charge in [-0.2, -0.15) is 0 Å². The molecular formula is C14H25BrN4. The molecule has 1 aromatic rings. The molecule has 1 aliphatic carbocycles. The van der Waals surface area contributed by atoms with E-state index < -0.39 is 0 Å². The summed E-state index contributed by atoms with van der Waals surface area (Å²) in [5, 5.41) is 11.7. The summed E-state index contributed by atoms with van der Waals surface area (Å²) in [6.07, 6.45) is 6.61. The molecule has 1 aromatic heterocycles. The van der Waals surface area contributed by atoms with Crippen LogP contribution < -0.4 is 5.32 Å². The molecule has 0 radical (unpaired) electrons. The van der Waals surface area contributed by atoms with Gasteiger partial charge in [0.15, 0.2) is 4.60 Å². The number of aryl methyl sites for hydroxylation is 1. The summed E-state index contributed by atoms with van der Waals surface area (Å²) in [7, 11) is 4.05. The van der Waals surface area contributed by atoms with Gasteiger partial charge in [0.1, 0.15) is 0 Å². The lowest BCUT2D eigenvalue weighted by Gasteiger charge is -2.36. The van der Waals surface area contributed by atoms with E-state index in [9.17, 15) is 0 Å². The standard InChI is InChI=1S/C14H25BrN4/c1-4-5-10-6-7-11(9-16-2)12(8-10)13-14(15)17-18-19(13)3/h10-12,16H,4-9H2,1-3H3. The number of rotatable bonds is 5. The van der Waals surface area contributed by atoms with E-state index in [1.165, 1.54) is 37.8 Å². The van der Waals surface area contributed by atoms with Gasteiger partial charge in [-0.25, -0.2) is 0 Å². The van der Waals surface area contributed by atoms with E-state index in [1.807, 2.05) is 18.8 Å². The van der Waals surface area contributed by atoms with Crippen LogP contribution in [0.2, 0.25) is 0 Å². The van der Waals surface area contributed by atoms with Crippen molar-refractivity contribution in [1.29, 1.82) is 0 Å². The predicted octanol–water partition coefficient (Wildman–Crippen LogP) is 3.10. The third kappa shape index (κ3) is 3.37. The second kappa shape index (κ2) is 6.84. The monoisotopic (exact) mass is 328 g/mol. The van der Waals surface area contributed by atoms with E-state index in [2.05, 4.69) is 38.5 Å². The molecule has 1 N–H and O–H groups in total. The first-order chi connectivity index (χ1) is 9.17.